The van der Waals surface area contributed by atoms with Crippen LogP contribution in [0.2, 0.25) is 0 Å². The van der Waals surface area contributed by atoms with Gasteiger partial charge < -0.3 is 5.11 Å². The molecule has 0 bridgehead atoms. The summed E-state index contributed by atoms with van der Waals surface area (Å²) in [6, 6.07) is 0. The number of carbonyl (C=O) groups is 1. The molecule has 3 heteroatoms. The Hall–Kier alpha value is -1.38. The van der Waals surface area contributed by atoms with Crippen LogP contribution < -0.4 is 0 Å². The van der Waals surface area contributed by atoms with Gasteiger partial charge in [-0.15, -0.1) is 0 Å². The average Bonchev–Trinajstić information content (AvgIpc) is 2.01. The van der Waals surface area contributed by atoms with Gasteiger partial charge in [0.2, 0.25) is 0 Å². The van der Waals surface area contributed by atoms with Crippen molar-refractivity contribution in [1.82, 2.24) is 0 Å². The van der Waals surface area contributed by atoms with E-state index in [1.807, 2.05) is 0 Å². The SMILES string of the molecule is C=C/C(=C\C=NCC(C)(C)C)C(=O)O. The molecule has 0 amide bonds. The summed E-state index contributed by atoms with van der Waals surface area (Å²) in [7, 11) is 0. The highest BCUT2D eigenvalue weighted by Crippen LogP contribution is 2.12. The van der Waals surface area contributed by atoms with Crippen molar-refractivity contribution in [2.45, 2.75) is 20.8 Å². The summed E-state index contributed by atoms with van der Waals surface area (Å²) in [5.41, 5.74) is 0.282. The van der Waals surface area contributed by atoms with Gasteiger partial charge in [0.15, 0.2) is 0 Å². The van der Waals surface area contributed by atoms with Crippen molar-refractivity contribution in [1.29, 1.82) is 0 Å². The van der Waals surface area contributed by atoms with Crippen LogP contribution in [0, 0.1) is 5.41 Å². The van der Waals surface area contributed by atoms with E-state index in [9.17, 15) is 4.79 Å². The molecule has 0 aliphatic rings. The van der Waals surface area contributed by atoms with E-state index in [-0.39, 0.29) is 11.0 Å². The van der Waals surface area contributed by atoms with Crippen LogP contribution in [0.25, 0.3) is 0 Å². The molecule has 0 aliphatic heterocycles. The molecule has 3 nitrogen and oxygen atoms in total. The van der Waals surface area contributed by atoms with Gasteiger partial charge in [-0.2, -0.15) is 0 Å². The van der Waals surface area contributed by atoms with Gasteiger partial charge in [0, 0.05) is 12.8 Å². The van der Waals surface area contributed by atoms with E-state index in [1.165, 1.54) is 18.4 Å². The maximum absolute atomic E-state index is 10.5. The van der Waals surface area contributed by atoms with Crippen molar-refractivity contribution in [2.75, 3.05) is 6.54 Å². The number of aliphatic imine (C=N–C) groups is 1. The van der Waals surface area contributed by atoms with Gasteiger partial charge in [0.05, 0.1) is 5.57 Å². The molecule has 0 radical (unpaired) electrons. The monoisotopic (exact) mass is 195 g/mol. The average molecular weight is 195 g/mol. The van der Waals surface area contributed by atoms with E-state index in [0.29, 0.717) is 6.54 Å². The van der Waals surface area contributed by atoms with Crippen molar-refractivity contribution >= 4 is 12.2 Å². The molecule has 0 aromatic heterocycles. The number of hydrogen-bond acceptors (Lipinski definition) is 2. The molecule has 0 aromatic carbocycles. The van der Waals surface area contributed by atoms with Gasteiger partial charge in [-0.05, 0) is 11.5 Å². The first-order chi connectivity index (χ1) is 6.37. The highest BCUT2D eigenvalue weighted by Gasteiger charge is 2.07. The number of allylic oxidation sites excluding steroid dienone is 1. The fourth-order valence-electron chi connectivity index (χ4n) is 0.686. The summed E-state index contributed by atoms with van der Waals surface area (Å²) in [6.07, 6.45) is 4.25. The molecule has 0 saturated heterocycles. The second-order valence-electron chi connectivity index (χ2n) is 4.18. The topological polar surface area (TPSA) is 49.7 Å². The Morgan fingerprint density at radius 3 is 2.43 bits per heavy atom. The number of rotatable bonds is 4. The van der Waals surface area contributed by atoms with Crippen LogP contribution >= 0.6 is 0 Å². The van der Waals surface area contributed by atoms with Crippen molar-refractivity contribution in [3.63, 3.8) is 0 Å². The van der Waals surface area contributed by atoms with Gasteiger partial charge >= 0.3 is 5.97 Å². The van der Waals surface area contributed by atoms with Gasteiger partial charge in [-0.3, -0.25) is 4.99 Å². The van der Waals surface area contributed by atoms with Crippen LogP contribution in [-0.4, -0.2) is 23.8 Å². The van der Waals surface area contributed by atoms with E-state index >= 15 is 0 Å². The van der Waals surface area contributed by atoms with Gasteiger partial charge in [-0.25, -0.2) is 4.79 Å². The van der Waals surface area contributed by atoms with Crippen molar-refractivity contribution in [3.8, 4) is 0 Å². The standard InChI is InChI=1S/C11H17NO2/c1-5-9(10(13)14)6-7-12-8-11(2,3)4/h5-7H,1,8H2,2-4H3,(H,13,14)/b9-6+,12-7?. The van der Waals surface area contributed by atoms with Crippen LogP contribution in [0.3, 0.4) is 0 Å². The largest absolute Gasteiger partial charge is 0.478 e. The van der Waals surface area contributed by atoms with Crippen molar-refractivity contribution < 1.29 is 9.90 Å². The Balaban J connectivity index is 4.26. The van der Waals surface area contributed by atoms with Crippen molar-refractivity contribution in [3.05, 3.63) is 24.3 Å². The van der Waals surface area contributed by atoms with Crippen LogP contribution in [0.1, 0.15) is 20.8 Å². The number of carboxylic acids is 1. The maximum Gasteiger partial charge on any atom is 0.335 e. The second kappa shape index (κ2) is 5.37. The Labute approximate surface area is 84.9 Å². The third-order valence-electron chi connectivity index (χ3n) is 1.39. The third-order valence-corrected chi connectivity index (χ3v) is 1.39. The zero-order valence-electron chi connectivity index (χ0n) is 8.95. The second-order valence-corrected chi connectivity index (χ2v) is 4.18. The number of aliphatic carboxylic acids is 1. The normalized spacial score (nSPS) is 13.2. The Morgan fingerprint density at radius 1 is 1.50 bits per heavy atom. The molecule has 78 valence electrons. The number of nitrogens with zero attached hydrogens (tertiary/aromatic N) is 1. The maximum atomic E-state index is 10.5. The summed E-state index contributed by atoms with van der Waals surface area (Å²) in [6.45, 7) is 10.3. The molecule has 14 heavy (non-hydrogen) atoms. The lowest BCUT2D eigenvalue weighted by atomic mass is 9.97. The summed E-state index contributed by atoms with van der Waals surface area (Å²) in [5.74, 6) is -0.984. The zero-order valence-corrected chi connectivity index (χ0v) is 8.95. The van der Waals surface area contributed by atoms with E-state index in [2.05, 4.69) is 32.3 Å². The number of hydrogen-bond donors (Lipinski definition) is 1. The molecular weight excluding hydrogens is 178 g/mol. The summed E-state index contributed by atoms with van der Waals surface area (Å²) in [4.78, 5) is 14.6. The minimum Gasteiger partial charge on any atom is -0.478 e. The van der Waals surface area contributed by atoms with E-state index in [0.717, 1.165) is 0 Å². The molecule has 0 saturated carbocycles. The van der Waals surface area contributed by atoms with Crippen LogP contribution in [0.15, 0.2) is 29.3 Å². The quantitative estimate of drug-likeness (QED) is 0.425. The first-order valence-corrected chi connectivity index (χ1v) is 4.42. The first-order valence-electron chi connectivity index (χ1n) is 4.42. The predicted molar refractivity (Wildman–Crippen MR) is 58.7 cm³/mol. The molecule has 0 heterocycles. The summed E-state index contributed by atoms with van der Waals surface area (Å²) < 4.78 is 0. The Morgan fingerprint density at radius 2 is 2.07 bits per heavy atom. The predicted octanol–water partition coefficient (Wildman–Crippen LogP) is 2.30. The van der Waals surface area contributed by atoms with E-state index in [1.54, 1.807) is 0 Å². The highest BCUT2D eigenvalue weighted by molar-refractivity contribution is 5.94. The van der Waals surface area contributed by atoms with E-state index < -0.39 is 5.97 Å². The fraction of sp³-hybridized carbons (Fsp3) is 0.455. The molecule has 0 aliphatic carbocycles. The van der Waals surface area contributed by atoms with E-state index in [4.69, 9.17) is 5.11 Å². The molecule has 1 N–H and O–H groups in total. The molecule has 0 unspecified atom stereocenters. The fourth-order valence-corrected chi connectivity index (χ4v) is 0.686. The lowest BCUT2D eigenvalue weighted by Gasteiger charge is -2.13. The minimum atomic E-state index is -0.984. The van der Waals surface area contributed by atoms with Gasteiger partial charge in [0.1, 0.15) is 0 Å². The summed E-state index contributed by atoms with van der Waals surface area (Å²) in [5, 5.41) is 8.63. The number of carboxylic acid groups (broad SMARTS) is 1. The van der Waals surface area contributed by atoms with Crippen LogP contribution in [0.5, 0.6) is 0 Å². The Bertz CT molecular complexity index is 270. The van der Waals surface area contributed by atoms with Gasteiger partial charge in [0.25, 0.3) is 0 Å². The molecule has 0 spiro atoms. The van der Waals surface area contributed by atoms with Crippen LogP contribution in [-0.2, 0) is 4.79 Å². The minimum absolute atomic E-state index is 0.127. The molecular formula is C11H17NO2. The first kappa shape index (κ1) is 12.6. The highest BCUT2D eigenvalue weighted by atomic mass is 16.4. The molecule has 0 aromatic rings. The van der Waals surface area contributed by atoms with Crippen molar-refractivity contribution in [2.24, 2.45) is 10.4 Å². The molecule has 0 atom stereocenters. The zero-order chi connectivity index (χ0) is 11.2. The summed E-state index contributed by atoms with van der Waals surface area (Å²) >= 11 is 0. The van der Waals surface area contributed by atoms with Crippen LogP contribution in [0.4, 0.5) is 0 Å². The molecule has 0 fully saturated rings. The molecule has 0 rings (SSSR count). The Kier molecular flexibility index (Phi) is 4.84. The smallest absolute Gasteiger partial charge is 0.335 e. The lowest BCUT2D eigenvalue weighted by Crippen LogP contribution is -2.09. The lowest BCUT2D eigenvalue weighted by molar-refractivity contribution is -0.132. The van der Waals surface area contributed by atoms with Gasteiger partial charge in [-0.1, -0.05) is 33.4 Å². The third kappa shape index (κ3) is 6.17.